The van der Waals surface area contributed by atoms with E-state index in [9.17, 15) is 8.42 Å². The lowest BCUT2D eigenvalue weighted by atomic mass is 10.1. The van der Waals surface area contributed by atoms with Crippen molar-refractivity contribution in [2.24, 2.45) is 0 Å². The molecule has 3 N–H and O–H groups in total. The molecule has 1 aliphatic carbocycles. The van der Waals surface area contributed by atoms with Crippen LogP contribution < -0.4 is 10.5 Å². The van der Waals surface area contributed by atoms with E-state index in [2.05, 4.69) is 4.72 Å². The quantitative estimate of drug-likeness (QED) is 0.856. The molecule has 0 spiro atoms. The molecule has 1 aliphatic rings. The molecule has 1 atom stereocenters. The summed E-state index contributed by atoms with van der Waals surface area (Å²) < 4.78 is 27.7. The molecule has 3 rings (SSSR count). The summed E-state index contributed by atoms with van der Waals surface area (Å²) in [5.74, 6) is 0. The molecule has 2 aromatic carbocycles. The Labute approximate surface area is 125 Å². The minimum Gasteiger partial charge on any atom is -0.399 e. The molecule has 0 saturated carbocycles. The second kappa shape index (κ2) is 5.16. The third-order valence-corrected chi connectivity index (χ3v) is 5.36. The first-order valence-electron chi connectivity index (χ1n) is 6.93. The Bertz CT molecular complexity index is 767. The zero-order chi connectivity index (χ0) is 15.0. The number of aryl methyl sites for hydroxylation is 2. The average Bonchev–Trinajstić information content (AvgIpc) is 2.81. The molecule has 1 unspecified atom stereocenters. The van der Waals surface area contributed by atoms with Gasteiger partial charge < -0.3 is 5.73 Å². The van der Waals surface area contributed by atoms with Gasteiger partial charge in [0.25, 0.3) is 0 Å². The molecule has 0 radical (unpaired) electrons. The summed E-state index contributed by atoms with van der Waals surface area (Å²) in [6.07, 6.45) is 1.62. The Kier molecular flexibility index (Phi) is 3.47. The number of hydrogen-bond donors (Lipinski definition) is 2. The van der Waals surface area contributed by atoms with E-state index < -0.39 is 10.0 Å². The zero-order valence-corrected chi connectivity index (χ0v) is 12.7. The monoisotopic (exact) mass is 302 g/mol. The predicted octanol–water partition coefficient (Wildman–Crippen LogP) is 2.54. The normalized spacial score (nSPS) is 17.7. The average molecular weight is 302 g/mol. The summed E-state index contributed by atoms with van der Waals surface area (Å²) in [7, 11) is -3.49. The first kappa shape index (κ1) is 14.1. The molecule has 0 amide bonds. The van der Waals surface area contributed by atoms with Gasteiger partial charge in [-0.25, -0.2) is 13.1 Å². The number of anilines is 1. The lowest BCUT2D eigenvalue weighted by molar-refractivity contribution is 0.554. The molecule has 4 nitrogen and oxygen atoms in total. The second-order valence-corrected chi connectivity index (χ2v) is 7.20. The molecule has 0 heterocycles. The molecule has 0 saturated heterocycles. The van der Waals surface area contributed by atoms with Crippen molar-refractivity contribution in [1.29, 1.82) is 0 Å². The van der Waals surface area contributed by atoms with Gasteiger partial charge in [0.1, 0.15) is 0 Å². The maximum absolute atomic E-state index is 12.4. The van der Waals surface area contributed by atoms with Crippen LogP contribution in [0.25, 0.3) is 0 Å². The highest BCUT2D eigenvalue weighted by Crippen LogP contribution is 2.33. The van der Waals surface area contributed by atoms with Crippen molar-refractivity contribution in [3.05, 3.63) is 59.2 Å². The highest BCUT2D eigenvalue weighted by Gasteiger charge is 2.27. The van der Waals surface area contributed by atoms with E-state index in [0.717, 1.165) is 35.2 Å². The number of rotatable bonds is 3. The van der Waals surface area contributed by atoms with E-state index in [1.165, 1.54) is 0 Å². The van der Waals surface area contributed by atoms with Crippen molar-refractivity contribution >= 4 is 15.7 Å². The lowest BCUT2D eigenvalue weighted by Gasteiger charge is -2.15. The van der Waals surface area contributed by atoms with Crippen LogP contribution in [0.2, 0.25) is 0 Å². The zero-order valence-electron chi connectivity index (χ0n) is 11.8. The molecular formula is C16H18N2O2S. The highest BCUT2D eigenvalue weighted by molar-refractivity contribution is 7.89. The van der Waals surface area contributed by atoms with E-state index >= 15 is 0 Å². The summed E-state index contributed by atoms with van der Waals surface area (Å²) in [6.45, 7) is 1.93. The van der Waals surface area contributed by atoms with Crippen molar-refractivity contribution < 1.29 is 8.42 Å². The third kappa shape index (κ3) is 2.80. The van der Waals surface area contributed by atoms with Crippen molar-refractivity contribution in [3.8, 4) is 0 Å². The minimum atomic E-state index is -3.49. The molecule has 110 valence electrons. The molecule has 0 fully saturated rings. The number of sulfonamides is 1. The van der Waals surface area contributed by atoms with E-state index in [0.29, 0.717) is 4.90 Å². The van der Waals surface area contributed by atoms with Gasteiger partial charge in [-0.15, -0.1) is 0 Å². The molecule has 0 aliphatic heterocycles. The summed E-state index contributed by atoms with van der Waals surface area (Å²) in [4.78, 5) is 0.303. The van der Waals surface area contributed by atoms with Gasteiger partial charge >= 0.3 is 0 Å². The van der Waals surface area contributed by atoms with Crippen molar-refractivity contribution in [2.75, 3.05) is 5.73 Å². The van der Waals surface area contributed by atoms with Crippen LogP contribution >= 0.6 is 0 Å². The summed E-state index contributed by atoms with van der Waals surface area (Å²) >= 11 is 0. The molecule has 5 heteroatoms. The maximum atomic E-state index is 12.4. The van der Waals surface area contributed by atoms with E-state index in [4.69, 9.17) is 5.73 Å². The molecule has 2 aromatic rings. The standard InChI is InChI=1S/C16H18N2O2S/c1-11-2-6-14(7-3-11)21(19,20)18-16-9-4-12-10-13(17)5-8-15(12)16/h2-3,5-8,10,16,18H,4,9,17H2,1H3. The van der Waals surface area contributed by atoms with Gasteiger partial charge in [-0.3, -0.25) is 0 Å². The predicted molar refractivity (Wildman–Crippen MR) is 83.4 cm³/mol. The van der Waals surface area contributed by atoms with Crippen LogP contribution in [0.5, 0.6) is 0 Å². The van der Waals surface area contributed by atoms with Gasteiger partial charge in [0.15, 0.2) is 0 Å². The highest BCUT2D eigenvalue weighted by atomic mass is 32.2. The number of nitrogen functional groups attached to an aromatic ring is 1. The van der Waals surface area contributed by atoms with Crippen molar-refractivity contribution in [2.45, 2.75) is 30.7 Å². The number of benzene rings is 2. The minimum absolute atomic E-state index is 0.174. The van der Waals surface area contributed by atoms with Gasteiger partial charge in [0.05, 0.1) is 4.90 Å². The number of fused-ring (bicyclic) bond motifs is 1. The van der Waals surface area contributed by atoms with Crippen LogP contribution in [0, 0.1) is 6.92 Å². The molecular weight excluding hydrogens is 284 g/mol. The van der Waals surface area contributed by atoms with Crippen molar-refractivity contribution in [1.82, 2.24) is 4.72 Å². The van der Waals surface area contributed by atoms with Gasteiger partial charge in [-0.1, -0.05) is 23.8 Å². The van der Waals surface area contributed by atoms with Gasteiger partial charge in [-0.05, 0) is 55.2 Å². The van der Waals surface area contributed by atoms with E-state index in [-0.39, 0.29) is 6.04 Å². The van der Waals surface area contributed by atoms with Gasteiger partial charge in [0, 0.05) is 11.7 Å². The number of hydrogen-bond acceptors (Lipinski definition) is 3. The Morgan fingerprint density at radius 2 is 1.86 bits per heavy atom. The Balaban J connectivity index is 1.86. The smallest absolute Gasteiger partial charge is 0.241 e. The van der Waals surface area contributed by atoms with Crippen LogP contribution in [0.4, 0.5) is 5.69 Å². The number of nitrogens with one attached hydrogen (secondary N) is 1. The van der Waals surface area contributed by atoms with Crippen molar-refractivity contribution in [3.63, 3.8) is 0 Å². The van der Waals surface area contributed by atoms with Gasteiger partial charge in [-0.2, -0.15) is 0 Å². The summed E-state index contributed by atoms with van der Waals surface area (Å²) in [5.41, 5.74) is 9.68. The first-order chi connectivity index (χ1) is 9.95. The topological polar surface area (TPSA) is 72.2 Å². The van der Waals surface area contributed by atoms with Gasteiger partial charge in [0.2, 0.25) is 10.0 Å². The van der Waals surface area contributed by atoms with Crippen LogP contribution in [0.1, 0.15) is 29.2 Å². The van der Waals surface area contributed by atoms with Crippen LogP contribution in [-0.2, 0) is 16.4 Å². The number of nitrogens with two attached hydrogens (primary N) is 1. The third-order valence-electron chi connectivity index (χ3n) is 3.87. The van der Waals surface area contributed by atoms with E-state index in [1.807, 2.05) is 25.1 Å². The van der Waals surface area contributed by atoms with Crippen LogP contribution in [0.15, 0.2) is 47.4 Å². The fourth-order valence-corrected chi connectivity index (χ4v) is 3.98. The van der Waals surface area contributed by atoms with Crippen LogP contribution in [-0.4, -0.2) is 8.42 Å². The fraction of sp³-hybridized carbons (Fsp3) is 0.250. The summed E-state index contributed by atoms with van der Waals surface area (Å²) in [6, 6.07) is 12.4. The first-order valence-corrected chi connectivity index (χ1v) is 8.41. The SMILES string of the molecule is Cc1ccc(S(=O)(=O)NC2CCc3cc(N)ccc32)cc1. The Morgan fingerprint density at radius 1 is 1.14 bits per heavy atom. The second-order valence-electron chi connectivity index (χ2n) is 5.48. The maximum Gasteiger partial charge on any atom is 0.241 e. The molecule has 21 heavy (non-hydrogen) atoms. The molecule has 0 bridgehead atoms. The van der Waals surface area contributed by atoms with E-state index in [1.54, 1.807) is 24.3 Å². The largest absolute Gasteiger partial charge is 0.399 e. The fourth-order valence-electron chi connectivity index (χ4n) is 2.73. The Morgan fingerprint density at radius 3 is 2.57 bits per heavy atom. The molecule has 0 aromatic heterocycles. The lowest BCUT2D eigenvalue weighted by Crippen LogP contribution is -2.27. The van der Waals surface area contributed by atoms with Crippen LogP contribution in [0.3, 0.4) is 0 Å². The Hall–Kier alpha value is -1.85. The summed E-state index contributed by atoms with van der Waals surface area (Å²) in [5, 5.41) is 0.